The molecule has 96 valence electrons. The fraction of sp³-hybridized carbons (Fsp3) is 0.143. The highest BCUT2D eigenvalue weighted by Gasteiger charge is 2.27. The van der Waals surface area contributed by atoms with Crippen molar-refractivity contribution in [2.45, 2.75) is 6.42 Å². The second-order valence-electron chi connectivity index (χ2n) is 4.39. The van der Waals surface area contributed by atoms with Gasteiger partial charge in [0.05, 0.1) is 5.56 Å². The number of nitrogen functional groups attached to an aromatic ring is 1. The number of amides is 1. The molecule has 0 fully saturated rings. The van der Waals surface area contributed by atoms with Gasteiger partial charge in [-0.1, -0.05) is 18.2 Å². The zero-order valence-electron chi connectivity index (χ0n) is 10.1. The topological polar surface area (TPSA) is 59.2 Å². The predicted octanol–water partition coefficient (Wildman–Crippen LogP) is 2.01. The highest BCUT2D eigenvalue weighted by atomic mass is 19.1. The second-order valence-corrected chi connectivity index (χ2v) is 4.39. The van der Waals surface area contributed by atoms with E-state index in [-0.39, 0.29) is 17.3 Å². The molecule has 3 rings (SSSR count). The van der Waals surface area contributed by atoms with Crippen molar-refractivity contribution in [2.24, 2.45) is 0 Å². The summed E-state index contributed by atoms with van der Waals surface area (Å²) in [7, 11) is 0. The normalized spacial score (nSPS) is 13.4. The van der Waals surface area contributed by atoms with Gasteiger partial charge in [0.1, 0.15) is 0 Å². The Labute approximate surface area is 109 Å². The number of pyridine rings is 1. The average Bonchev–Trinajstić information content (AvgIpc) is 2.85. The van der Waals surface area contributed by atoms with Gasteiger partial charge in [-0.25, -0.2) is 9.37 Å². The molecule has 1 aromatic carbocycles. The number of hydrogen-bond donors (Lipinski definition) is 1. The number of aromatic nitrogens is 1. The molecule has 1 aromatic heterocycles. The molecular formula is C14H12FN3O. The fourth-order valence-corrected chi connectivity index (χ4v) is 2.32. The largest absolute Gasteiger partial charge is 0.381 e. The maximum absolute atomic E-state index is 13.8. The van der Waals surface area contributed by atoms with E-state index in [0.717, 1.165) is 17.7 Å². The second kappa shape index (κ2) is 4.35. The van der Waals surface area contributed by atoms with Crippen molar-refractivity contribution in [1.82, 2.24) is 4.98 Å². The third-order valence-electron chi connectivity index (χ3n) is 3.28. The van der Waals surface area contributed by atoms with Gasteiger partial charge >= 0.3 is 0 Å². The van der Waals surface area contributed by atoms with Crippen molar-refractivity contribution in [1.29, 1.82) is 0 Å². The summed E-state index contributed by atoms with van der Waals surface area (Å²) < 4.78 is 13.8. The number of para-hydroxylation sites is 1. The molecule has 5 heteroatoms. The van der Waals surface area contributed by atoms with Crippen molar-refractivity contribution in [2.75, 3.05) is 17.2 Å². The van der Waals surface area contributed by atoms with Crippen molar-refractivity contribution in [3.05, 3.63) is 53.5 Å². The molecular weight excluding hydrogens is 245 g/mol. The Hall–Kier alpha value is -2.43. The fourth-order valence-electron chi connectivity index (χ4n) is 2.32. The molecule has 0 aliphatic carbocycles. The van der Waals surface area contributed by atoms with Crippen LogP contribution in [0.5, 0.6) is 0 Å². The first kappa shape index (κ1) is 11.6. The summed E-state index contributed by atoms with van der Waals surface area (Å²) in [4.78, 5) is 17.6. The van der Waals surface area contributed by atoms with Gasteiger partial charge in [-0.2, -0.15) is 0 Å². The number of carbonyl (C=O) groups excluding carboxylic acids is 1. The molecule has 0 unspecified atom stereocenters. The number of fused-ring (bicyclic) bond motifs is 1. The zero-order chi connectivity index (χ0) is 13.4. The molecule has 2 N–H and O–H groups in total. The molecule has 1 aliphatic heterocycles. The summed E-state index contributed by atoms with van der Waals surface area (Å²) >= 11 is 0. The van der Waals surface area contributed by atoms with Crippen molar-refractivity contribution >= 4 is 17.4 Å². The minimum Gasteiger partial charge on any atom is -0.381 e. The SMILES string of the molecule is Nc1nccc(C(=O)N2CCc3ccccc32)c1F. The van der Waals surface area contributed by atoms with E-state index in [1.807, 2.05) is 24.3 Å². The van der Waals surface area contributed by atoms with E-state index in [1.54, 1.807) is 4.90 Å². The molecule has 0 spiro atoms. The van der Waals surface area contributed by atoms with Gasteiger partial charge in [0.25, 0.3) is 5.91 Å². The third kappa shape index (κ3) is 1.83. The maximum atomic E-state index is 13.8. The lowest BCUT2D eigenvalue weighted by Gasteiger charge is -2.17. The molecule has 0 saturated heterocycles. The number of hydrogen-bond acceptors (Lipinski definition) is 3. The summed E-state index contributed by atoms with van der Waals surface area (Å²) in [5.41, 5.74) is 7.29. The Balaban J connectivity index is 2.00. The highest BCUT2D eigenvalue weighted by Crippen LogP contribution is 2.29. The summed E-state index contributed by atoms with van der Waals surface area (Å²) in [6, 6.07) is 8.98. The van der Waals surface area contributed by atoms with Gasteiger partial charge in [-0.3, -0.25) is 4.79 Å². The van der Waals surface area contributed by atoms with Crippen LogP contribution in [0.4, 0.5) is 15.9 Å². The van der Waals surface area contributed by atoms with E-state index in [2.05, 4.69) is 4.98 Å². The first-order valence-corrected chi connectivity index (χ1v) is 5.98. The van der Waals surface area contributed by atoms with Crippen LogP contribution in [0, 0.1) is 5.82 Å². The monoisotopic (exact) mass is 257 g/mol. The van der Waals surface area contributed by atoms with E-state index in [4.69, 9.17) is 5.73 Å². The van der Waals surface area contributed by atoms with Crippen LogP contribution in [0.25, 0.3) is 0 Å². The summed E-state index contributed by atoms with van der Waals surface area (Å²) in [6.07, 6.45) is 2.12. The van der Waals surface area contributed by atoms with Crippen LogP contribution in [-0.2, 0) is 6.42 Å². The van der Waals surface area contributed by atoms with Crippen LogP contribution in [0.2, 0.25) is 0 Å². The standard InChI is InChI=1S/C14H12FN3O/c15-12-10(5-7-17-13(12)16)14(19)18-8-6-9-3-1-2-4-11(9)18/h1-5,7H,6,8H2,(H2,16,17). The Bertz CT molecular complexity index is 657. The van der Waals surface area contributed by atoms with Gasteiger partial charge in [-0.15, -0.1) is 0 Å². The van der Waals surface area contributed by atoms with Crippen molar-refractivity contribution in [3.8, 4) is 0 Å². The van der Waals surface area contributed by atoms with Crippen molar-refractivity contribution in [3.63, 3.8) is 0 Å². The number of halogens is 1. The minimum absolute atomic E-state index is 0.0378. The van der Waals surface area contributed by atoms with Crippen LogP contribution >= 0.6 is 0 Å². The number of nitrogens with two attached hydrogens (primary N) is 1. The highest BCUT2D eigenvalue weighted by molar-refractivity contribution is 6.07. The first-order chi connectivity index (χ1) is 9.18. The van der Waals surface area contributed by atoms with Gasteiger partial charge in [0.15, 0.2) is 11.6 Å². The summed E-state index contributed by atoms with van der Waals surface area (Å²) in [5.74, 6) is -1.38. The summed E-state index contributed by atoms with van der Waals surface area (Å²) in [5, 5.41) is 0. The van der Waals surface area contributed by atoms with Gasteiger partial charge in [0, 0.05) is 18.4 Å². The number of rotatable bonds is 1. The molecule has 2 aromatic rings. The average molecular weight is 257 g/mol. The smallest absolute Gasteiger partial charge is 0.261 e. The maximum Gasteiger partial charge on any atom is 0.261 e. The number of benzene rings is 1. The molecule has 2 heterocycles. The van der Waals surface area contributed by atoms with Gasteiger partial charge in [-0.05, 0) is 24.1 Å². The molecule has 0 atom stereocenters. The molecule has 1 aliphatic rings. The zero-order valence-corrected chi connectivity index (χ0v) is 10.1. The Morgan fingerprint density at radius 3 is 2.95 bits per heavy atom. The van der Waals surface area contributed by atoms with Crippen molar-refractivity contribution < 1.29 is 9.18 Å². The Morgan fingerprint density at radius 2 is 2.11 bits per heavy atom. The number of anilines is 2. The Morgan fingerprint density at radius 1 is 1.32 bits per heavy atom. The summed E-state index contributed by atoms with van der Waals surface area (Å²) in [6.45, 7) is 0.555. The number of nitrogens with zero attached hydrogens (tertiary/aromatic N) is 2. The molecule has 19 heavy (non-hydrogen) atoms. The van der Waals surface area contributed by atoms with Crippen LogP contribution in [-0.4, -0.2) is 17.4 Å². The minimum atomic E-state index is -0.753. The molecule has 0 bridgehead atoms. The van der Waals surface area contributed by atoms with E-state index < -0.39 is 5.82 Å². The lowest BCUT2D eigenvalue weighted by atomic mass is 10.1. The molecule has 0 radical (unpaired) electrons. The lowest BCUT2D eigenvalue weighted by Crippen LogP contribution is -2.30. The van der Waals surface area contributed by atoms with E-state index in [1.165, 1.54) is 12.3 Å². The predicted molar refractivity (Wildman–Crippen MR) is 70.4 cm³/mol. The third-order valence-corrected chi connectivity index (χ3v) is 3.28. The van der Waals surface area contributed by atoms with Crippen LogP contribution in [0.1, 0.15) is 15.9 Å². The van der Waals surface area contributed by atoms with E-state index >= 15 is 0 Å². The van der Waals surface area contributed by atoms with Gasteiger partial charge in [0.2, 0.25) is 0 Å². The molecule has 1 amide bonds. The van der Waals surface area contributed by atoms with E-state index in [9.17, 15) is 9.18 Å². The quantitative estimate of drug-likeness (QED) is 0.850. The molecule has 0 saturated carbocycles. The number of carbonyl (C=O) groups is 1. The Kier molecular flexibility index (Phi) is 2.67. The van der Waals surface area contributed by atoms with Gasteiger partial charge < -0.3 is 10.6 Å². The molecule has 4 nitrogen and oxygen atoms in total. The van der Waals surface area contributed by atoms with E-state index in [0.29, 0.717) is 6.54 Å². The van der Waals surface area contributed by atoms with Crippen LogP contribution < -0.4 is 10.6 Å². The van der Waals surface area contributed by atoms with Crippen LogP contribution in [0.15, 0.2) is 36.5 Å². The van der Waals surface area contributed by atoms with Crippen LogP contribution in [0.3, 0.4) is 0 Å². The first-order valence-electron chi connectivity index (χ1n) is 5.98. The lowest BCUT2D eigenvalue weighted by molar-refractivity contribution is 0.0985.